The lowest BCUT2D eigenvalue weighted by Gasteiger charge is -2.10. The molecule has 102 valence electrons. The van der Waals surface area contributed by atoms with Crippen molar-refractivity contribution in [2.24, 2.45) is 5.92 Å². The summed E-state index contributed by atoms with van der Waals surface area (Å²) in [7, 11) is -0.204. The maximum Gasteiger partial charge on any atom is 0.494 e. The average molecular weight is 262 g/mol. The first-order valence-electron chi connectivity index (χ1n) is 6.95. The molecule has 3 rings (SSSR count). The fraction of sp³-hybridized carbons (Fsp3) is 0.571. The molecule has 19 heavy (non-hydrogen) atoms. The molecule has 0 amide bonds. The largest absolute Gasteiger partial charge is 0.494 e. The van der Waals surface area contributed by atoms with Gasteiger partial charge in [0, 0.05) is 13.2 Å². The zero-order valence-electron chi connectivity index (χ0n) is 11.0. The van der Waals surface area contributed by atoms with Gasteiger partial charge < -0.3 is 18.8 Å². The highest BCUT2D eigenvalue weighted by Crippen LogP contribution is 2.17. The van der Waals surface area contributed by atoms with E-state index in [2.05, 4.69) is 0 Å². The number of ether oxygens (including phenoxy) is 2. The predicted octanol–water partition coefficient (Wildman–Crippen LogP) is 1.23. The average Bonchev–Trinajstić information content (AvgIpc) is 3.13. The fourth-order valence-corrected chi connectivity index (χ4v) is 2.43. The lowest BCUT2D eigenvalue weighted by molar-refractivity contribution is 0.178. The summed E-state index contributed by atoms with van der Waals surface area (Å²) in [5.41, 5.74) is 1.05. The van der Waals surface area contributed by atoms with Gasteiger partial charge in [0.1, 0.15) is 5.75 Å². The van der Waals surface area contributed by atoms with Gasteiger partial charge in [-0.05, 0) is 36.4 Å². The molecule has 4 nitrogen and oxygen atoms in total. The smallest absolute Gasteiger partial charge is 0.494 e. The van der Waals surface area contributed by atoms with Crippen LogP contribution < -0.4 is 10.2 Å². The van der Waals surface area contributed by atoms with E-state index in [1.807, 2.05) is 24.3 Å². The Bertz CT molecular complexity index is 383. The zero-order valence-corrected chi connectivity index (χ0v) is 11.0. The lowest BCUT2D eigenvalue weighted by Crippen LogP contribution is -2.31. The first kappa shape index (κ1) is 13.0. The second-order valence-corrected chi connectivity index (χ2v) is 5.01. The summed E-state index contributed by atoms with van der Waals surface area (Å²) < 4.78 is 22.0. The molecule has 5 heteroatoms. The Morgan fingerprint density at radius 3 is 2.58 bits per heavy atom. The number of hydrogen-bond donors (Lipinski definition) is 0. The van der Waals surface area contributed by atoms with Crippen LogP contribution >= 0.6 is 0 Å². The second kappa shape index (κ2) is 6.41. The minimum Gasteiger partial charge on any atom is -0.494 e. The van der Waals surface area contributed by atoms with Crippen LogP contribution in [-0.4, -0.2) is 40.2 Å². The van der Waals surface area contributed by atoms with Crippen molar-refractivity contribution in [2.75, 3.05) is 33.0 Å². The van der Waals surface area contributed by atoms with E-state index in [1.54, 1.807) is 0 Å². The Hall–Kier alpha value is -1.04. The van der Waals surface area contributed by atoms with Gasteiger partial charge in [0.2, 0.25) is 0 Å². The van der Waals surface area contributed by atoms with Gasteiger partial charge in [-0.15, -0.1) is 0 Å². The monoisotopic (exact) mass is 262 g/mol. The predicted molar refractivity (Wildman–Crippen MR) is 72.8 cm³/mol. The van der Waals surface area contributed by atoms with Gasteiger partial charge in [0.05, 0.1) is 19.8 Å². The van der Waals surface area contributed by atoms with Gasteiger partial charge in [-0.1, -0.05) is 12.1 Å². The summed E-state index contributed by atoms with van der Waals surface area (Å²) in [6.07, 6.45) is 2.23. The molecule has 2 saturated heterocycles. The highest BCUT2D eigenvalue weighted by atomic mass is 16.6. The van der Waals surface area contributed by atoms with Gasteiger partial charge in [-0.25, -0.2) is 0 Å². The highest BCUT2D eigenvalue weighted by molar-refractivity contribution is 6.61. The van der Waals surface area contributed by atoms with Crippen LogP contribution in [0.2, 0.25) is 0 Å². The lowest BCUT2D eigenvalue weighted by atomic mass is 9.79. The number of hydrogen-bond acceptors (Lipinski definition) is 4. The minimum absolute atomic E-state index is 0.204. The Morgan fingerprint density at radius 1 is 1.11 bits per heavy atom. The number of benzene rings is 1. The molecular formula is C14H19BO4. The third-order valence-corrected chi connectivity index (χ3v) is 3.59. The molecular weight excluding hydrogens is 243 g/mol. The molecule has 2 heterocycles. The van der Waals surface area contributed by atoms with Crippen molar-refractivity contribution in [3.8, 4) is 5.75 Å². The zero-order chi connectivity index (χ0) is 12.9. The van der Waals surface area contributed by atoms with Crippen molar-refractivity contribution >= 4 is 12.6 Å². The molecule has 1 aromatic carbocycles. The van der Waals surface area contributed by atoms with Crippen molar-refractivity contribution in [2.45, 2.75) is 12.8 Å². The van der Waals surface area contributed by atoms with E-state index in [-0.39, 0.29) is 7.12 Å². The van der Waals surface area contributed by atoms with E-state index >= 15 is 0 Å². The molecule has 1 aromatic rings. The SMILES string of the molecule is c1cc(B2OCCO2)ccc1OCCC1CCOC1. The van der Waals surface area contributed by atoms with Crippen LogP contribution in [0.15, 0.2) is 24.3 Å². The molecule has 1 unspecified atom stereocenters. The van der Waals surface area contributed by atoms with Crippen LogP contribution in [0.3, 0.4) is 0 Å². The molecule has 0 bridgehead atoms. The molecule has 0 N–H and O–H groups in total. The Labute approximate surface area is 114 Å². The van der Waals surface area contributed by atoms with Crippen LogP contribution in [0.4, 0.5) is 0 Å². The van der Waals surface area contributed by atoms with Crippen molar-refractivity contribution in [3.05, 3.63) is 24.3 Å². The normalized spacial score (nSPS) is 22.9. The summed E-state index contributed by atoms with van der Waals surface area (Å²) in [5, 5.41) is 0. The van der Waals surface area contributed by atoms with Crippen molar-refractivity contribution < 1.29 is 18.8 Å². The first-order chi connectivity index (χ1) is 9.42. The maximum absolute atomic E-state index is 5.75. The topological polar surface area (TPSA) is 36.9 Å². The first-order valence-corrected chi connectivity index (χ1v) is 6.95. The van der Waals surface area contributed by atoms with Gasteiger partial charge in [-0.3, -0.25) is 0 Å². The molecule has 0 spiro atoms. The molecule has 1 atom stereocenters. The van der Waals surface area contributed by atoms with E-state index in [0.29, 0.717) is 19.1 Å². The van der Waals surface area contributed by atoms with Crippen molar-refractivity contribution in [1.82, 2.24) is 0 Å². The second-order valence-electron chi connectivity index (χ2n) is 5.01. The highest BCUT2D eigenvalue weighted by Gasteiger charge is 2.25. The summed E-state index contributed by atoms with van der Waals surface area (Å²) in [6, 6.07) is 7.96. The van der Waals surface area contributed by atoms with Crippen LogP contribution in [0.25, 0.3) is 0 Å². The third-order valence-electron chi connectivity index (χ3n) is 3.59. The van der Waals surface area contributed by atoms with Crippen LogP contribution in [0.5, 0.6) is 5.75 Å². The van der Waals surface area contributed by atoms with Crippen LogP contribution in [0.1, 0.15) is 12.8 Å². The van der Waals surface area contributed by atoms with Gasteiger partial charge in [0.15, 0.2) is 0 Å². The van der Waals surface area contributed by atoms with E-state index in [0.717, 1.165) is 37.5 Å². The Kier molecular flexibility index (Phi) is 4.38. The molecule has 0 aliphatic carbocycles. The Balaban J connectivity index is 1.45. The summed E-state index contributed by atoms with van der Waals surface area (Å²) >= 11 is 0. The van der Waals surface area contributed by atoms with Crippen molar-refractivity contribution in [3.63, 3.8) is 0 Å². The fourth-order valence-electron chi connectivity index (χ4n) is 2.43. The van der Waals surface area contributed by atoms with Gasteiger partial charge >= 0.3 is 7.12 Å². The maximum atomic E-state index is 5.75. The molecule has 0 saturated carbocycles. The minimum atomic E-state index is -0.204. The Morgan fingerprint density at radius 2 is 1.89 bits per heavy atom. The van der Waals surface area contributed by atoms with Crippen LogP contribution in [0, 0.1) is 5.92 Å². The molecule has 2 aliphatic rings. The standard InChI is InChI=1S/C14H19BO4/c1-3-14(17-8-6-12-5-7-16-11-12)4-2-13(1)15-18-9-10-19-15/h1-4,12H,5-11H2. The van der Waals surface area contributed by atoms with Crippen LogP contribution in [-0.2, 0) is 14.0 Å². The van der Waals surface area contributed by atoms with Gasteiger partial charge in [-0.2, -0.15) is 0 Å². The molecule has 0 aromatic heterocycles. The quantitative estimate of drug-likeness (QED) is 0.748. The van der Waals surface area contributed by atoms with E-state index < -0.39 is 0 Å². The summed E-state index contributed by atoms with van der Waals surface area (Å²) in [5.74, 6) is 1.57. The summed E-state index contributed by atoms with van der Waals surface area (Å²) in [6.45, 7) is 3.89. The van der Waals surface area contributed by atoms with Crippen molar-refractivity contribution in [1.29, 1.82) is 0 Å². The van der Waals surface area contributed by atoms with E-state index in [9.17, 15) is 0 Å². The molecule has 2 aliphatic heterocycles. The third kappa shape index (κ3) is 3.50. The molecule has 0 radical (unpaired) electrons. The summed E-state index contributed by atoms with van der Waals surface area (Å²) in [4.78, 5) is 0. The van der Waals surface area contributed by atoms with E-state index in [1.165, 1.54) is 6.42 Å². The van der Waals surface area contributed by atoms with E-state index in [4.69, 9.17) is 18.8 Å². The molecule has 2 fully saturated rings. The number of rotatable bonds is 5. The van der Waals surface area contributed by atoms with Gasteiger partial charge in [0.25, 0.3) is 0 Å².